The lowest BCUT2D eigenvalue weighted by molar-refractivity contribution is 0.581. The molecule has 98 valence electrons. The molecule has 0 aromatic carbocycles. The molecule has 0 aliphatic heterocycles. The molecule has 0 atom stereocenters. The van der Waals surface area contributed by atoms with Crippen LogP contribution in [0.4, 0.5) is 0 Å². The quantitative estimate of drug-likeness (QED) is 0.801. The molecule has 0 fully saturated rings. The second-order valence-electron chi connectivity index (χ2n) is 4.64. The zero-order chi connectivity index (χ0) is 13.0. The first-order valence-electron chi connectivity index (χ1n) is 6.46. The summed E-state index contributed by atoms with van der Waals surface area (Å²) in [4.78, 5) is 6.04. The van der Waals surface area contributed by atoms with Gasteiger partial charge in [-0.25, -0.2) is 4.98 Å². The van der Waals surface area contributed by atoms with Crippen molar-refractivity contribution in [2.24, 2.45) is 0 Å². The molecule has 0 saturated carbocycles. The van der Waals surface area contributed by atoms with Crippen molar-refractivity contribution in [1.82, 2.24) is 10.3 Å². The van der Waals surface area contributed by atoms with Crippen LogP contribution in [0.2, 0.25) is 0 Å². The fourth-order valence-electron chi connectivity index (χ4n) is 1.83. The Hall–Kier alpha value is -1.13. The maximum atomic E-state index is 5.42. The van der Waals surface area contributed by atoms with Gasteiger partial charge in [-0.2, -0.15) is 0 Å². The van der Waals surface area contributed by atoms with Crippen LogP contribution in [0.1, 0.15) is 43.7 Å². The Labute approximate surface area is 112 Å². The van der Waals surface area contributed by atoms with Crippen LogP contribution in [0.15, 0.2) is 22.8 Å². The van der Waals surface area contributed by atoms with E-state index in [2.05, 4.69) is 26.1 Å². The number of thiazole rings is 1. The Balaban J connectivity index is 2.21. The third kappa shape index (κ3) is 3.00. The van der Waals surface area contributed by atoms with E-state index in [9.17, 15) is 0 Å². The third-order valence-corrected chi connectivity index (χ3v) is 3.80. The third-order valence-electron chi connectivity index (χ3n) is 2.72. The molecule has 2 aromatic heterocycles. The van der Waals surface area contributed by atoms with Gasteiger partial charge in [0.1, 0.15) is 0 Å². The molecule has 0 radical (unpaired) electrons. The number of hydrogen-bond donors (Lipinski definition) is 1. The molecule has 2 heterocycles. The first kappa shape index (κ1) is 13.3. The first-order chi connectivity index (χ1) is 8.72. The molecule has 2 aromatic rings. The van der Waals surface area contributed by atoms with E-state index >= 15 is 0 Å². The van der Waals surface area contributed by atoms with Crippen LogP contribution < -0.4 is 5.32 Å². The smallest absolute Gasteiger partial charge is 0.162 e. The minimum atomic E-state index is 0.448. The second kappa shape index (κ2) is 6.16. The molecule has 0 amide bonds. The van der Waals surface area contributed by atoms with E-state index in [1.54, 1.807) is 17.6 Å². The van der Waals surface area contributed by atoms with Gasteiger partial charge in [0.25, 0.3) is 0 Å². The van der Waals surface area contributed by atoms with Gasteiger partial charge in [-0.1, -0.05) is 20.8 Å². The van der Waals surface area contributed by atoms with Crippen LogP contribution in [0.5, 0.6) is 0 Å². The highest BCUT2D eigenvalue weighted by molar-refractivity contribution is 7.15. The molecule has 0 unspecified atom stereocenters. The van der Waals surface area contributed by atoms with Crippen molar-refractivity contribution in [3.8, 4) is 10.8 Å². The van der Waals surface area contributed by atoms with Crippen molar-refractivity contribution in [1.29, 1.82) is 0 Å². The van der Waals surface area contributed by atoms with Crippen LogP contribution >= 0.6 is 11.3 Å². The molecule has 3 nitrogen and oxygen atoms in total. The summed E-state index contributed by atoms with van der Waals surface area (Å²) >= 11 is 1.73. The fraction of sp³-hybridized carbons (Fsp3) is 0.500. The standard InChI is InChI=1S/C14H20N2OS/c1-4-7-15-9-12-13(10(2)3)16-14(18-12)11-6-5-8-17-11/h5-6,8,10,15H,4,7,9H2,1-3H3. The predicted molar refractivity (Wildman–Crippen MR) is 75.9 cm³/mol. The zero-order valence-corrected chi connectivity index (χ0v) is 12.0. The molecular weight excluding hydrogens is 244 g/mol. The number of hydrogen-bond acceptors (Lipinski definition) is 4. The van der Waals surface area contributed by atoms with Crippen molar-refractivity contribution in [3.05, 3.63) is 29.0 Å². The lowest BCUT2D eigenvalue weighted by atomic mass is 10.1. The summed E-state index contributed by atoms with van der Waals surface area (Å²) in [7, 11) is 0. The average Bonchev–Trinajstić information content (AvgIpc) is 2.97. The van der Waals surface area contributed by atoms with Crippen LogP contribution in [-0.2, 0) is 6.54 Å². The van der Waals surface area contributed by atoms with Gasteiger partial charge in [0.15, 0.2) is 10.8 Å². The normalized spacial score (nSPS) is 11.3. The summed E-state index contributed by atoms with van der Waals surface area (Å²) < 4.78 is 5.42. The molecule has 4 heteroatoms. The maximum Gasteiger partial charge on any atom is 0.162 e. The number of nitrogens with zero attached hydrogens (tertiary/aromatic N) is 1. The lowest BCUT2D eigenvalue weighted by Crippen LogP contribution is -2.14. The molecule has 2 rings (SSSR count). The van der Waals surface area contributed by atoms with E-state index in [1.165, 1.54) is 10.6 Å². The molecular formula is C14H20N2OS. The Morgan fingerprint density at radius 2 is 2.28 bits per heavy atom. The summed E-state index contributed by atoms with van der Waals surface area (Å²) in [6.07, 6.45) is 2.85. The molecule has 0 aliphatic rings. The predicted octanol–water partition coefficient (Wildman–Crippen LogP) is 4.03. The van der Waals surface area contributed by atoms with E-state index in [1.807, 2.05) is 12.1 Å². The fourth-order valence-corrected chi connectivity index (χ4v) is 2.98. The van der Waals surface area contributed by atoms with Gasteiger partial charge in [-0.15, -0.1) is 11.3 Å². The highest BCUT2D eigenvalue weighted by Gasteiger charge is 2.16. The van der Waals surface area contributed by atoms with Gasteiger partial charge in [-0.3, -0.25) is 0 Å². The highest BCUT2D eigenvalue weighted by Crippen LogP contribution is 2.31. The van der Waals surface area contributed by atoms with Gasteiger partial charge in [0.05, 0.1) is 12.0 Å². The van der Waals surface area contributed by atoms with Crippen molar-refractivity contribution < 1.29 is 4.42 Å². The number of furan rings is 1. The number of nitrogens with one attached hydrogen (secondary N) is 1. The van der Waals surface area contributed by atoms with E-state index in [0.29, 0.717) is 5.92 Å². The van der Waals surface area contributed by atoms with Crippen molar-refractivity contribution in [2.45, 2.75) is 39.7 Å². The van der Waals surface area contributed by atoms with Gasteiger partial charge in [0.2, 0.25) is 0 Å². The minimum Gasteiger partial charge on any atom is -0.462 e. The van der Waals surface area contributed by atoms with E-state index in [4.69, 9.17) is 9.40 Å². The molecule has 0 saturated heterocycles. The van der Waals surface area contributed by atoms with E-state index in [-0.39, 0.29) is 0 Å². The van der Waals surface area contributed by atoms with Gasteiger partial charge >= 0.3 is 0 Å². The summed E-state index contributed by atoms with van der Waals surface area (Å²) in [5, 5.41) is 4.43. The molecule has 0 bridgehead atoms. The Bertz CT molecular complexity index is 474. The topological polar surface area (TPSA) is 38.1 Å². The minimum absolute atomic E-state index is 0.448. The summed E-state index contributed by atoms with van der Waals surface area (Å²) in [6.45, 7) is 8.50. The first-order valence-corrected chi connectivity index (χ1v) is 7.28. The van der Waals surface area contributed by atoms with Crippen LogP contribution in [0.3, 0.4) is 0 Å². The van der Waals surface area contributed by atoms with Crippen LogP contribution in [-0.4, -0.2) is 11.5 Å². The van der Waals surface area contributed by atoms with Gasteiger partial charge < -0.3 is 9.73 Å². The highest BCUT2D eigenvalue weighted by atomic mass is 32.1. The van der Waals surface area contributed by atoms with Gasteiger partial charge in [0, 0.05) is 11.4 Å². The maximum absolute atomic E-state index is 5.42. The SMILES string of the molecule is CCCNCc1sc(-c2ccco2)nc1C(C)C. The number of aromatic nitrogens is 1. The van der Waals surface area contributed by atoms with Crippen LogP contribution in [0.25, 0.3) is 10.8 Å². The Morgan fingerprint density at radius 3 is 2.89 bits per heavy atom. The van der Waals surface area contributed by atoms with Gasteiger partial charge in [-0.05, 0) is 31.0 Å². The molecule has 0 spiro atoms. The lowest BCUT2D eigenvalue weighted by Gasteiger charge is -2.05. The monoisotopic (exact) mass is 264 g/mol. The summed E-state index contributed by atoms with van der Waals surface area (Å²) in [6, 6.07) is 3.87. The van der Waals surface area contributed by atoms with Crippen LogP contribution in [0, 0.1) is 0 Å². The Morgan fingerprint density at radius 1 is 1.44 bits per heavy atom. The van der Waals surface area contributed by atoms with Crippen molar-refractivity contribution in [3.63, 3.8) is 0 Å². The zero-order valence-electron chi connectivity index (χ0n) is 11.2. The number of rotatable bonds is 6. The molecule has 0 aliphatic carbocycles. The molecule has 18 heavy (non-hydrogen) atoms. The van der Waals surface area contributed by atoms with Crippen molar-refractivity contribution in [2.75, 3.05) is 6.54 Å². The molecule has 1 N–H and O–H groups in total. The second-order valence-corrected chi connectivity index (χ2v) is 5.72. The average molecular weight is 264 g/mol. The Kier molecular flexibility index (Phi) is 4.55. The summed E-state index contributed by atoms with van der Waals surface area (Å²) in [5.74, 6) is 1.31. The van der Waals surface area contributed by atoms with E-state index < -0.39 is 0 Å². The summed E-state index contributed by atoms with van der Waals surface area (Å²) in [5.41, 5.74) is 1.19. The van der Waals surface area contributed by atoms with E-state index in [0.717, 1.165) is 30.3 Å². The van der Waals surface area contributed by atoms with Crippen molar-refractivity contribution >= 4 is 11.3 Å². The largest absolute Gasteiger partial charge is 0.462 e.